The maximum Gasteiger partial charge on any atom is 0.123 e. The van der Waals surface area contributed by atoms with Crippen molar-refractivity contribution in [3.63, 3.8) is 0 Å². The van der Waals surface area contributed by atoms with E-state index in [1.807, 2.05) is 24.3 Å². The van der Waals surface area contributed by atoms with Crippen molar-refractivity contribution >= 4 is 34.3 Å². The van der Waals surface area contributed by atoms with E-state index in [9.17, 15) is 0 Å². The van der Waals surface area contributed by atoms with Crippen LogP contribution < -0.4 is 9.47 Å². The van der Waals surface area contributed by atoms with Gasteiger partial charge in [-0.2, -0.15) is 0 Å². The number of methoxy groups -OCH3 is 2. The van der Waals surface area contributed by atoms with E-state index in [0.29, 0.717) is 11.8 Å². The quantitative estimate of drug-likeness (QED) is 0.184. The third kappa shape index (κ3) is 4.99. The Bertz CT molecular complexity index is 1180. The summed E-state index contributed by atoms with van der Waals surface area (Å²) >= 11 is 12.6. The molecule has 4 heteroatoms. The summed E-state index contributed by atoms with van der Waals surface area (Å²) in [5.41, 5.74) is 8.41. The minimum absolute atomic E-state index is 0.353. The van der Waals surface area contributed by atoms with Gasteiger partial charge in [-0.05, 0) is 57.7 Å². The number of ether oxygens (including phenoxy) is 2. The fourth-order valence-corrected chi connectivity index (χ4v) is 4.62. The van der Waals surface area contributed by atoms with Gasteiger partial charge in [0.2, 0.25) is 0 Å². The molecule has 0 aromatic heterocycles. The maximum atomic E-state index is 6.30. The molecule has 0 radical (unpaired) electrons. The summed E-state index contributed by atoms with van der Waals surface area (Å²) in [5, 5.41) is 0. The second-order valence-corrected chi connectivity index (χ2v) is 8.34. The van der Waals surface area contributed by atoms with Gasteiger partial charge in [0.05, 0.1) is 26.0 Å². The first-order chi connectivity index (χ1) is 16.7. The fourth-order valence-electron chi connectivity index (χ4n) is 4.20. The fraction of sp³-hybridized carbons (Fsp3) is 0.133. The highest BCUT2D eigenvalue weighted by Gasteiger charge is 2.18. The molecule has 0 unspecified atom stereocenters. The average Bonchev–Trinajstić information content (AvgIpc) is 2.91. The van der Waals surface area contributed by atoms with E-state index >= 15 is 0 Å². The molecule has 0 saturated heterocycles. The standard InChI is InChI=1S/C30H26Cl2O2/c1-33-27-15-13-23(17-25(27)19-31)30(24-14-16-28(34-2)26(18-24)20-32)29(21-9-5-3-6-10-21)22-11-7-4-8-12-22/h3-18H,19-20H2,1-2H3. The van der Waals surface area contributed by atoms with Gasteiger partial charge in [0.1, 0.15) is 11.5 Å². The molecule has 34 heavy (non-hydrogen) atoms. The molecule has 2 nitrogen and oxygen atoms in total. The van der Waals surface area contributed by atoms with Gasteiger partial charge in [-0.1, -0.05) is 72.8 Å². The molecule has 0 bridgehead atoms. The van der Waals surface area contributed by atoms with Gasteiger partial charge in [0, 0.05) is 11.1 Å². The summed E-state index contributed by atoms with van der Waals surface area (Å²) in [6, 6.07) is 33.2. The average molecular weight is 489 g/mol. The predicted molar refractivity (Wildman–Crippen MR) is 143 cm³/mol. The Hall–Kier alpha value is -3.20. The number of hydrogen-bond acceptors (Lipinski definition) is 2. The highest BCUT2D eigenvalue weighted by atomic mass is 35.5. The molecule has 0 aliphatic rings. The van der Waals surface area contributed by atoms with Crippen molar-refractivity contribution in [1.29, 1.82) is 0 Å². The third-order valence-electron chi connectivity index (χ3n) is 5.80. The van der Waals surface area contributed by atoms with Crippen LogP contribution in [0.15, 0.2) is 97.1 Å². The van der Waals surface area contributed by atoms with Crippen molar-refractivity contribution in [3.8, 4) is 11.5 Å². The minimum Gasteiger partial charge on any atom is -0.496 e. The first-order valence-electron chi connectivity index (χ1n) is 11.0. The van der Waals surface area contributed by atoms with Crippen LogP contribution in [0.4, 0.5) is 0 Å². The number of benzene rings is 4. The van der Waals surface area contributed by atoms with Crippen LogP contribution in [0.2, 0.25) is 0 Å². The van der Waals surface area contributed by atoms with E-state index in [2.05, 4.69) is 72.8 Å². The largest absolute Gasteiger partial charge is 0.496 e. The normalized spacial score (nSPS) is 10.6. The monoisotopic (exact) mass is 488 g/mol. The van der Waals surface area contributed by atoms with E-state index in [1.54, 1.807) is 14.2 Å². The first-order valence-corrected chi connectivity index (χ1v) is 12.1. The Labute approximate surface area is 211 Å². The maximum absolute atomic E-state index is 6.30. The summed E-state index contributed by atoms with van der Waals surface area (Å²) in [7, 11) is 3.33. The lowest BCUT2D eigenvalue weighted by Gasteiger charge is -2.20. The van der Waals surface area contributed by atoms with Crippen molar-refractivity contribution < 1.29 is 9.47 Å². The highest BCUT2D eigenvalue weighted by molar-refractivity contribution is 6.17. The molecule has 4 aromatic rings. The Morgan fingerprint density at radius 1 is 0.529 bits per heavy atom. The number of alkyl halides is 2. The predicted octanol–water partition coefficient (Wildman–Crippen LogP) is 8.19. The number of halogens is 2. The molecule has 172 valence electrons. The van der Waals surface area contributed by atoms with Crippen molar-refractivity contribution in [2.75, 3.05) is 14.2 Å². The van der Waals surface area contributed by atoms with E-state index in [4.69, 9.17) is 32.7 Å². The lowest BCUT2D eigenvalue weighted by Crippen LogP contribution is -2.00. The van der Waals surface area contributed by atoms with Gasteiger partial charge in [0.25, 0.3) is 0 Å². The second-order valence-electron chi connectivity index (χ2n) is 7.80. The molecule has 0 fully saturated rings. The molecule has 0 saturated carbocycles. The number of rotatable bonds is 8. The summed E-state index contributed by atoms with van der Waals surface area (Å²) in [6.07, 6.45) is 0. The number of hydrogen-bond donors (Lipinski definition) is 0. The molecule has 0 spiro atoms. The van der Waals surface area contributed by atoms with Crippen molar-refractivity contribution in [2.24, 2.45) is 0 Å². The molecule has 0 aliphatic carbocycles. The SMILES string of the molecule is COc1ccc(C(=C(c2ccccc2)c2ccccc2)c2ccc(OC)c(CCl)c2)cc1CCl. The molecule has 0 atom stereocenters. The molecular weight excluding hydrogens is 463 g/mol. The van der Waals surface area contributed by atoms with Crippen molar-refractivity contribution in [1.82, 2.24) is 0 Å². The zero-order valence-corrected chi connectivity index (χ0v) is 20.7. The van der Waals surface area contributed by atoms with Crippen LogP contribution in [0.5, 0.6) is 11.5 Å². The Balaban J connectivity index is 2.11. The van der Waals surface area contributed by atoms with Gasteiger partial charge in [-0.3, -0.25) is 0 Å². The van der Waals surface area contributed by atoms with E-state index < -0.39 is 0 Å². The highest BCUT2D eigenvalue weighted by Crippen LogP contribution is 2.39. The van der Waals surface area contributed by atoms with Gasteiger partial charge in [-0.25, -0.2) is 0 Å². The Morgan fingerprint density at radius 3 is 1.26 bits per heavy atom. The molecular formula is C30H26Cl2O2. The van der Waals surface area contributed by atoms with E-state index in [-0.39, 0.29) is 0 Å². The second kappa shape index (κ2) is 11.3. The van der Waals surface area contributed by atoms with Crippen LogP contribution in [0.3, 0.4) is 0 Å². The summed E-state index contributed by atoms with van der Waals surface area (Å²) in [6.45, 7) is 0. The third-order valence-corrected chi connectivity index (χ3v) is 6.38. The molecule has 4 rings (SSSR count). The van der Waals surface area contributed by atoms with E-state index in [1.165, 1.54) is 0 Å². The van der Waals surface area contributed by atoms with Gasteiger partial charge in [0.15, 0.2) is 0 Å². The van der Waals surface area contributed by atoms with Crippen molar-refractivity contribution in [2.45, 2.75) is 11.8 Å². The summed E-state index contributed by atoms with van der Waals surface area (Å²) in [5.74, 6) is 2.25. The van der Waals surface area contributed by atoms with Crippen LogP contribution in [0, 0.1) is 0 Å². The molecule has 4 aromatic carbocycles. The van der Waals surface area contributed by atoms with Crippen LogP contribution in [0.25, 0.3) is 11.1 Å². The Morgan fingerprint density at radius 2 is 0.912 bits per heavy atom. The van der Waals surface area contributed by atoms with Crippen LogP contribution >= 0.6 is 23.2 Å². The van der Waals surface area contributed by atoms with Gasteiger partial charge >= 0.3 is 0 Å². The minimum atomic E-state index is 0.353. The molecule has 0 heterocycles. The Kier molecular flexibility index (Phi) is 7.95. The lowest BCUT2D eigenvalue weighted by molar-refractivity contribution is 0.411. The van der Waals surface area contributed by atoms with Gasteiger partial charge < -0.3 is 9.47 Å². The van der Waals surface area contributed by atoms with Crippen LogP contribution in [-0.4, -0.2) is 14.2 Å². The summed E-state index contributed by atoms with van der Waals surface area (Å²) in [4.78, 5) is 0. The molecule has 0 amide bonds. The molecule has 0 aliphatic heterocycles. The van der Waals surface area contributed by atoms with E-state index in [0.717, 1.165) is 56.0 Å². The lowest BCUT2D eigenvalue weighted by atomic mass is 9.85. The first kappa shape index (κ1) is 23.9. The zero-order chi connectivity index (χ0) is 23.9. The van der Waals surface area contributed by atoms with Crippen molar-refractivity contribution in [3.05, 3.63) is 130 Å². The summed E-state index contributed by atoms with van der Waals surface area (Å²) < 4.78 is 11.1. The smallest absolute Gasteiger partial charge is 0.123 e. The topological polar surface area (TPSA) is 18.5 Å². The zero-order valence-electron chi connectivity index (χ0n) is 19.2. The van der Waals surface area contributed by atoms with Gasteiger partial charge in [-0.15, -0.1) is 23.2 Å². The van der Waals surface area contributed by atoms with Crippen LogP contribution in [-0.2, 0) is 11.8 Å². The van der Waals surface area contributed by atoms with Crippen LogP contribution in [0.1, 0.15) is 33.4 Å². The molecule has 0 N–H and O–H groups in total.